The van der Waals surface area contributed by atoms with Crippen LogP contribution < -0.4 is 14.8 Å². The Bertz CT molecular complexity index is 1210. The summed E-state index contributed by atoms with van der Waals surface area (Å²) in [5, 5.41) is 2.87. The summed E-state index contributed by atoms with van der Waals surface area (Å²) in [6, 6.07) is 4.73. The van der Waals surface area contributed by atoms with E-state index in [1.807, 2.05) is 0 Å². The molecule has 2 rings (SSSR count). The van der Waals surface area contributed by atoms with Gasteiger partial charge in [-0.05, 0) is 24.1 Å². The maximum atomic E-state index is 12.4. The van der Waals surface area contributed by atoms with E-state index >= 15 is 0 Å². The fourth-order valence-electron chi connectivity index (χ4n) is 4.54. The summed E-state index contributed by atoms with van der Waals surface area (Å²) < 4.78 is 67.9. The molecular weight excluding hydrogens is 578 g/mol. The second-order valence-electron chi connectivity index (χ2n) is 9.99. The van der Waals surface area contributed by atoms with Crippen molar-refractivity contribution in [2.24, 2.45) is 0 Å². The van der Waals surface area contributed by atoms with Gasteiger partial charge in [0.2, 0.25) is 18.3 Å². The van der Waals surface area contributed by atoms with E-state index in [2.05, 4.69) is 12.2 Å². The van der Waals surface area contributed by atoms with Gasteiger partial charge in [-0.1, -0.05) is 45.1 Å². The maximum absolute atomic E-state index is 12.4. The van der Waals surface area contributed by atoms with Gasteiger partial charge in [-0.15, -0.1) is 0 Å². The molecule has 1 fully saturated rings. The molecule has 13 nitrogen and oxygen atoms in total. The Morgan fingerprint density at radius 2 is 1.45 bits per heavy atom. The monoisotopic (exact) mass is 627 g/mol. The number of carbonyl (C=O) groups is 5. The summed E-state index contributed by atoms with van der Waals surface area (Å²) in [4.78, 5) is 61.0. The zero-order valence-electron chi connectivity index (χ0n) is 29.2. The molecular formula is C31H45NO12. The molecule has 0 spiro atoms. The van der Waals surface area contributed by atoms with Crippen LogP contribution in [0.25, 0.3) is 0 Å². The van der Waals surface area contributed by atoms with Crippen LogP contribution in [0.4, 0.5) is 0 Å². The van der Waals surface area contributed by atoms with Gasteiger partial charge >= 0.3 is 23.9 Å². The minimum absolute atomic E-state index is 0.0469. The fourth-order valence-corrected chi connectivity index (χ4v) is 4.54. The van der Waals surface area contributed by atoms with E-state index in [0.717, 1.165) is 32.1 Å². The van der Waals surface area contributed by atoms with E-state index in [0.29, 0.717) is 12.0 Å². The van der Waals surface area contributed by atoms with Gasteiger partial charge in [0.15, 0.2) is 23.7 Å². The van der Waals surface area contributed by atoms with E-state index in [1.54, 1.807) is 12.1 Å². The molecule has 1 aliphatic heterocycles. The van der Waals surface area contributed by atoms with Crippen LogP contribution in [0.5, 0.6) is 11.5 Å². The zero-order chi connectivity index (χ0) is 35.5. The number of ether oxygens (including phenoxy) is 7. The summed E-state index contributed by atoms with van der Waals surface area (Å²) >= 11 is 0. The minimum Gasteiger partial charge on any atom is -0.493 e. The predicted molar refractivity (Wildman–Crippen MR) is 155 cm³/mol. The van der Waals surface area contributed by atoms with Crippen LogP contribution >= 0.6 is 0 Å². The molecule has 1 aliphatic rings. The first kappa shape index (κ1) is 30.2. The number of rotatable bonds is 17. The van der Waals surface area contributed by atoms with E-state index in [-0.39, 0.29) is 24.0 Å². The van der Waals surface area contributed by atoms with Crippen LogP contribution in [-0.2, 0) is 54.2 Å². The maximum Gasteiger partial charge on any atom is 0.303 e. The molecule has 0 aliphatic carbocycles. The molecule has 0 radical (unpaired) electrons. The van der Waals surface area contributed by atoms with E-state index in [4.69, 9.17) is 38.6 Å². The Hall–Kier alpha value is -3.87. The minimum atomic E-state index is -1.69. The number of unbranched alkanes of at least 4 members (excludes halogenated alkanes) is 5. The molecule has 1 heterocycles. The standard InChI is InChI=1S/C31H45NO12/c1-7-8-9-10-11-12-13-27(37)32-17-23-14-15-24(25(16-23)38-6)43-31-30(42-22(5)36)29(41-21(4)35)28(40-20(3)34)26(44-31)18-39-19(2)33/h14-16,26,28-31H,7-13,17-18H2,1-6H3,(H,32,37)/t26-,28-,29+,30-,31?/m1/s1/i2D,3D,4D,5D. The lowest BCUT2D eigenvalue weighted by Crippen LogP contribution is -2.63. The van der Waals surface area contributed by atoms with Crippen molar-refractivity contribution in [1.82, 2.24) is 5.32 Å². The smallest absolute Gasteiger partial charge is 0.303 e. The molecule has 1 saturated heterocycles. The van der Waals surface area contributed by atoms with Crippen molar-refractivity contribution < 1.29 is 62.6 Å². The second-order valence-corrected chi connectivity index (χ2v) is 9.99. The molecule has 5 atom stereocenters. The normalized spacial score (nSPS) is 22.2. The lowest BCUT2D eigenvalue weighted by molar-refractivity contribution is -0.288. The van der Waals surface area contributed by atoms with E-state index in [9.17, 15) is 24.0 Å². The van der Waals surface area contributed by atoms with Gasteiger partial charge in [-0.2, -0.15) is 0 Å². The van der Waals surface area contributed by atoms with Crippen molar-refractivity contribution in [1.29, 1.82) is 0 Å². The SMILES string of the molecule is [2H]CC(=O)OC[C@H]1OC(Oc2ccc(CNC(=O)CCCCCCCC)cc2OC)[C@H](OC(=O)C[2H])[C@@H](OC(=O)C[2H])[C@@H]1OC(=O)C[2H]. The highest BCUT2D eigenvalue weighted by molar-refractivity contribution is 5.75. The molecule has 246 valence electrons. The summed E-state index contributed by atoms with van der Waals surface area (Å²) in [7, 11) is 1.36. The van der Waals surface area contributed by atoms with Gasteiger partial charge < -0.3 is 38.5 Å². The van der Waals surface area contributed by atoms with Gasteiger partial charge in [-0.3, -0.25) is 24.0 Å². The summed E-state index contributed by atoms with van der Waals surface area (Å²) in [6.45, 7) is -1.60. The van der Waals surface area contributed by atoms with Crippen LogP contribution in [0, 0.1) is 0 Å². The molecule has 1 unspecified atom stereocenters. The Kier molecular flexibility index (Phi) is 12.8. The highest BCUT2D eigenvalue weighted by atomic mass is 16.7. The zero-order valence-corrected chi connectivity index (χ0v) is 25.2. The van der Waals surface area contributed by atoms with Crippen molar-refractivity contribution in [3.8, 4) is 11.5 Å². The van der Waals surface area contributed by atoms with Crippen LogP contribution in [0.15, 0.2) is 18.2 Å². The third-order valence-electron chi connectivity index (χ3n) is 6.52. The van der Waals surface area contributed by atoms with E-state index < -0.39 is 88.8 Å². The number of hydrogen-bond acceptors (Lipinski definition) is 12. The highest BCUT2D eigenvalue weighted by Gasteiger charge is 2.53. The molecule has 0 bridgehead atoms. The third-order valence-corrected chi connectivity index (χ3v) is 6.52. The topological polar surface area (TPSA) is 162 Å². The molecule has 1 N–H and O–H groups in total. The molecule has 1 aromatic rings. The molecule has 0 saturated carbocycles. The molecule has 44 heavy (non-hydrogen) atoms. The van der Waals surface area contributed by atoms with Crippen molar-refractivity contribution in [3.05, 3.63) is 23.8 Å². The summed E-state index contributed by atoms with van der Waals surface area (Å²) in [5.74, 6) is -4.12. The summed E-state index contributed by atoms with van der Waals surface area (Å²) in [5.41, 5.74) is 0.669. The van der Waals surface area contributed by atoms with Crippen LogP contribution in [0.2, 0.25) is 0 Å². The molecule has 1 amide bonds. The first-order chi connectivity index (χ1) is 23.1. The van der Waals surface area contributed by atoms with Crippen molar-refractivity contribution >= 4 is 29.8 Å². The fraction of sp³-hybridized carbons (Fsp3) is 0.645. The van der Waals surface area contributed by atoms with Crippen LogP contribution in [0.1, 0.15) is 90.5 Å². The lowest BCUT2D eigenvalue weighted by atomic mass is 9.98. The Morgan fingerprint density at radius 3 is 2.11 bits per heavy atom. The van der Waals surface area contributed by atoms with Crippen LogP contribution in [0.3, 0.4) is 0 Å². The molecule has 0 aromatic heterocycles. The lowest BCUT2D eigenvalue weighted by Gasteiger charge is -2.44. The highest BCUT2D eigenvalue weighted by Crippen LogP contribution is 2.35. The quantitative estimate of drug-likeness (QED) is 0.152. The second kappa shape index (κ2) is 18.7. The van der Waals surface area contributed by atoms with Gasteiger partial charge in [-0.25, -0.2) is 0 Å². The van der Waals surface area contributed by atoms with Gasteiger partial charge in [0, 0.05) is 46.0 Å². The third kappa shape index (κ3) is 12.4. The number of carbonyl (C=O) groups excluding carboxylic acids is 5. The van der Waals surface area contributed by atoms with Gasteiger partial charge in [0.25, 0.3) is 0 Å². The Labute approximate surface area is 263 Å². The average molecular weight is 628 g/mol. The number of amides is 1. The van der Waals surface area contributed by atoms with Crippen molar-refractivity contribution in [2.75, 3.05) is 13.7 Å². The first-order valence-electron chi connectivity index (χ1n) is 17.1. The Morgan fingerprint density at radius 1 is 0.818 bits per heavy atom. The molecule has 1 aromatic carbocycles. The number of nitrogens with one attached hydrogen (secondary N) is 1. The average Bonchev–Trinajstić information content (AvgIpc) is 3.10. The van der Waals surface area contributed by atoms with Crippen molar-refractivity contribution in [3.63, 3.8) is 0 Å². The number of benzene rings is 1. The number of methoxy groups -OCH3 is 1. The van der Waals surface area contributed by atoms with Gasteiger partial charge in [0.1, 0.15) is 12.7 Å². The number of esters is 4. The first-order valence-corrected chi connectivity index (χ1v) is 14.3. The largest absolute Gasteiger partial charge is 0.493 e. The summed E-state index contributed by atoms with van der Waals surface area (Å²) in [6.07, 6.45) is -1.30. The van der Waals surface area contributed by atoms with E-state index in [1.165, 1.54) is 19.6 Å². The predicted octanol–water partition coefficient (Wildman–Crippen LogP) is 3.52. The van der Waals surface area contributed by atoms with Gasteiger partial charge in [0.05, 0.1) is 7.11 Å². The van der Waals surface area contributed by atoms with Crippen molar-refractivity contribution in [2.45, 2.75) is 117 Å². The van der Waals surface area contributed by atoms with Crippen LogP contribution in [-0.4, -0.2) is 74.2 Å². The Balaban J connectivity index is 2.34. The molecule has 13 heteroatoms. The number of hydrogen-bond donors (Lipinski definition) is 1.